The summed E-state index contributed by atoms with van der Waals surface area (Å²) < 4.78 is 0. The molecule has 2 N–H and O–H groups in total. The largest absolute Gasteiger partial charge is 0.396 e. The summed E-state index contributed by atoms with van der Waals surface area (Å²) in [6.07, 6.45) is 6.01. The summed E-state index contributed by atoms with van der Waals surface area (Å²) in [4.78, 5) is 0. The van der Waals surface area contributed by atoms with Crippen LogP contribution in [-0.2, 0) is 0 Å². The highest BCUT2D eigenvalue weighted by Crippen LogP contribution is 2.57. The minimum Gasteiger partial charge on any atom is -0.396 e. The Morgan fingerprint density at radius 1 is 1.00 bits per heavy atom. The van der Waals surface area contributed by atoms with Crippen LogP contribution in [0.3, 0.4) is 0 Å². The lowest BCUT2D eigenvalue weighted by Crippen LogP contribution is -2.53. The van der Waals surface area contributed by atoms with Gasteiger partial charge in [0.25, 0.3) is 0 Å². The fourth-order valence-electron chi connectivity index (χ4n) is 4.61. The van der Waals surface area contributed by atoms with Crippen molar-refractivity contribution in [3.8, 4) is 0 Å². The van der Waals surface area contributed by atoms with Gasteiger partial charge in [-0.3, -0.25) is 0 Å². The van der Waals surface area contributed by atoms with E-state index in [4.69, 9.17) is 5.11 Å². The standard InChI is InChI=1S/C12H20O2/c13-2-1-10-8-3-7-4-9(6-8)12(14)11(10)5-7/h7-14H,1-6H2. The highest BCUT2D eigenvalue weighted by molar-refractivity contribution is 5.02. The Bertz CT molecular complexity index is 228. The first-order chi connectivity index (χ1) is 6.79. The topological polar surface area (TPSA) is 40.5 Å². The Balaban J connectivity index is 1.82. The highest BCUT2D eigenvalue weighted by Gasteiger charge is 2.52. The molecule has 4 bridgehead atoms. The van der Waals surface area contributed by atoms with Gasteiger partial charge < -0.3 is 10.2 Å². The van der Waals surface area contributed by atoms with E-state index in [0.717, 1.165) is 18.3 Å². The molecule has 0 heterocycles. The minimum atomic E-state index is -0.0423. The Labute approximate surface area is 85.3 Å². The maximum absolute atomic E-state index is 10.1. The van der Waals surface area contributed by atoms with Crippen LogP contribution in [0.4, 0.5) is 0 Å². The minimum absolute atomic E-state index is 0.0423. The molecule has 6 atom stereocenters. The van der Waals surface area contributed by atoms with Crippen LogP contribution in [0, 0.1) is 29.6 Å². The predicted molar refractivity (Wildman–Crippen MR) is 53.6 cm³/mol. The Hall–Kier alpha value is -0.0800. The molecular weight excluding hydrogens is 176 g/mol. The van der Waals surface area contributed by atoms with E-state index in [9.17, 15) is 5.11 Å². The summed E-state index contributed by atoms with van der Waals surface area (Å²) in [6, 6.07) is 0. The molecule has 0 amide bonds. The summed E-state index contributed by atoms with van der Waals surface area (Å²) in [7, 11) is 0. The summed E-state index contributed by atoms with van der Waals surface area (Å²) in [5.74, 6) is 3.49. The van der Waals surface area contributed by atoms with Gasteiger partial charge in [-0.1, -0.05) is 0 Å². The lowest BCUT2D eigenvalue weighted by atomic mass is 9.50. The van der Waals surface area contributed by atoms with E-state index >= 15 is 0 Å². The number of aliphatic hydroxyl groups is 2. The first-order valence-corrected chi connectivity index (χ1v) is 6.08. The summed E-state index contributed by atoms with van der Waals surface area (Å²) in [5, 5.41) is 19.2. The maximum Gasteiger partial charge on any atom is 0.0599 e. The van der Waals surface area contributed by atoms with Crippen molar-refractivity contribution in [2.75, 3.05) is 6.61 Å². The molecule has 0 aliphatic heterocycles. The van der Waals surface area contributed by atoms with Crippen LogP contribution in [0.2, 0.25) is 0 Å². The average Bonchev–Trinajstić information content (AvgIpc) is 2.18. The Kier molecular flexibility index (Phi) is 2.10. The van der Waals surface area contributed by atoms with Crippen LogP contribution in [0.25, 0.3) is 0 Å². The number of rotatable bonds is 2. The second-order valence-electron chi connectivity index (χ2n) is 5.66. The second-order valence-corrected chi connectivity index (χ2v) is 5.66. The highest BCUT2D eigenvalue weighted by atomic mass is 16.3. The third-order valence-electron chi connectivity index (χ3n) is 5.02. The molecule has 6 unspecified atom stereocenters. The van der Waals surface area contributed by atoms with E-state index in [0.29, 0.717) is 24.4 Å². The maximum atomic E-state index is 10.1. The van der Waals surface area contributed by atoms with Gasteiger partial charge in [-0.15, -0.1) is 0 Å². The molecule has 4 fully saturated rings. The van der Waals surface area contributed by atoms with Gasteiger partial charge in [0.1, 0.15) is 0 Å². The third-order valence-corrected chi connectivity index (χ3v) is 5.02. The van der Waals surface area contributed by atoms with Crippen molar-refractivity contribution in [2.24, 2.45) is 29.6 Å². The van der Waals surface area contributed by atoms with Gasteiger partial charge in [0.05, 0.1) is 6.10 Å². The molecule has 0 aromatic rings. The molecule has 0 radical (unpaired) electrons. The average molecular weight is 196 g/mol. The SMILES string of the molecule is OCCC1C2CC3CC(C2)C(O)C1C3. The molecule has 4 aliphatic rings. The molecule has 0 spiro atoms. The van der Waals surface area contributed by atoms with Gasteiger partial charge in [0, 0.05) is 6.61 Å². The van der Waals surface area contributed by atoms with E-state index < -0.39 is 0 Å². The van der Waals surface area contributed by atoms with Crippen molar-refractivity contribution in [1.29, 1.82) is 0 Å². The molecular formula is C12H20O2. The van der Waals surface area contributed by atoms with Gasteiger partial charge in [0.2, 0.25) is 0 Å². The van der Waals surface area contributed by atoms with Crippen molar-refractivity contribution < 1.29 is 10.2 Å². The quantitative estimate of drug-likeness (QED) is 0.701. The van der Waals surface area contributed by atoms with Crippen LogP contribution in [0.15, 0.2) is 0 Å². The molecule has 0 saturated heterocycles. The third kappa shape index (κ3) is 1.17. The van der Waals surface area contributed by atoms with E-state index in [2.05, 4.69) is 0 Å². The molecule has 0 aromatic carbocycles. The van der Waals surface area contributed by atoms with Crippen LogP contribution < -0.4 is 0 Å². The Morgan fingerprint density at radius 3 is 2.57 bits per heavy atom. The molecule has 4 aliphatic carbocycles. The summed E-state index contributed by atoms with van der Waals surface area (Å²) in [6.45, 7) is 0.305. The first-order valence-electron chi connectivity index (χ1n) is 6.08. The molecule has 4 rings (SSSR count). The Morgan fingerprint density at radius 2 is 1.79 bits per heavy atom. The molecule has 0 aromatic heterocycles. The molecule has 4 saturated carbocycles. The van der Waals surface area contributed by atoms with Gasteiger partial charge in [-0.05, 0) is 61.7 Å². The van der Waals surface area contributed by atoms with Crippen LogP contribution >= 0.6 is 0 Å². The number of hydrogen-bond donors (Lipinski definition) is 2. The van der Waals surface area contributed by atoms with Crippen molar-refractivity contribution in [2.45, 2.75) is 38.2 Å². The van der Waals surface area contributed by atoms with Crippen molar-refractivity contribution in [3.05, 3.63) is 0 Å². The summed E-state index contributed by atoms with van der Waals surface area (Å²) in [5.41, 5.74) is 0. The first kappa shape index (κ1) is 9.17. The second kappa shape index (κ2) is 3.21. The van der Waals surface area contributed by atoms with Gasteiger partial charge >= 0.3 is 0 Å². The zero-order valence-corrected chi connectivity index (χ0v) is 8.60. The fourth-order valence-corrected chi connectivity index (χ4v) is 4.61. The lowest BCUT2D eigenvalue weighted by Gasteiger charge is -2.57. The monoisotopic (exact) mass is 196 g/mol. The molecule has 80 valence electrons. The van der Waals surface area contributed by atoms with Gasteiger partial charge in [-0.2, -0.15) is 0 Å². The lowest BCUT2D eigenvalue weighted by molar-refractivity contribution is -0.133. The molecule has 14 heavy (non-hydrogen) atoms. The van der Waals surface area contributed by atoms with Crippen molar-refractivity contribution >= 4 is 0 Å². The van der Waals surface area contributed by atoms with Crippen molar-refractivity contribution in [3.63, 3.8) is 0 Å². The smallest absolute Gasteiger partial charge is 0.0599 e. The van der Waals surface area contributed by atoms with Crippen molar-refractivity contribution in [1.82, 2.24) is 0 Å². The molecule has 2 nitrogen and oxygen atoms in total. The van der Waals surface area contributed by atoms with Crippen LogP contribution in [-0.4, -0.2) is 22.9 Å². The summed E-state index contributed by atoms with van der Waals surface area (Å²) >= 11 is 0. The predicted octanol–water partition coefficient (Wildman–Crippen LogP) is 1.41. The van der Waals surface area contributed by atoms with Crippen LogP contribution in [0.1, 0.15) is 32.1 Å². The van der Waals surface area contributed by atoms with Crippen LogP contribution in [0.5, 0.6) is 0 Å². The van der Waals surface area contributed by atoms with Gasteiger partial charge in [0.15, 0.2) is 0 Å². The van der Waals surface area contributed by atoms with Gasteiger partial charge in [-0.25, -0.2) is 0 Å². The molecule has 2 heteroatoms. The number of aliphatic hydroxyl groups excluding tert-OH is 2. The zero-order chi connectivity index (χ0) is 9.71. The zero-order valence-electron chi connectivity index (χ0n) is 8.60. The van der Waals surface area contributed by atoms with E-state index in [1.807, 2.05) is 0 Å². The normalized spacial score (nSPS) is 55.3. The fraction of sp³-hybridized carbons (Fsp3) is 1.00. The number of hydrogen-bond acceptors (Lipinski definition) is 2. The van der Waals surface area contributed by atoms with E-state index in [-0.39, 0.29) is 6.10 Å². The van der Waals surface area contributed by atoms with E-state index in [1.54, 1.807) is 0 Å². The van der Waals surface area contributed by atoms with E-state index in [1.165, 1.54) is 25.7 Å².